The molecule has 0 unspecified atom stereocenters. The summed E-state index contributed by atoms with van der Waals surface area (Å²) in [6, 6.07) is 19.8. The van der Waals surface area contributed by atoms with Crippen molar-refractivity contribution in [2.45, 2.75) is 31.7 Å². The van der Waals surface area contributed by atoms with Crippen LogP contribution in [0.25, 0.3) is 11.3 Å². The number of rotatable bonds is 10. The molecule has 1 saturated heterocycles. The summed E-state index contributed by atoms with van der Waals surface area (Å²) >= 11 is 0. The lowest BCUT2D eigenvalue weighted by atomic mass is 10.0. The van der Waals surface area contributed by atoms with Crippen molar-refractivity contribution in [1.29, 1.82) is 0 Å². The second-order valence-corrected chi connectivity index (χ2v) is 8.30. The summed E-state index contributed by atoms with van der Waals surface area (Å²) in [4.78, 5) is 15.1. The fraction of sp³-hybridized carbons (Fsp3) is 0.370. The highest BCUT2D eigenvalue weighted by atomic mass is 16.5. The van der Waals surface area contributed by atoms with E-state index in [9.17, 15) is 4.79 Å². The first-order chi connectivity index (χ1) is 16.2. The summed E-state index contributed by atoms with van der Waals surface area (Å²) in [6.45, 7) is 2.65. The molecule has 1 aliphatic heterocycles. The van der Waals surface area contributed by atoms with Gasteiger partial charge >= 0.3 is 0 Å². The molecule has 3 aromatic rings. The molecule has 4 rings (SSSR count). The van der Waals surface area contributed by atoms with E-state index >= 15 is 0 Å². The van der Waals surface area contributed by atoms with Crippen molar-refractivity contribution in [3.63, 3.8) is 0 Å². The third kappa shape index (κ3) is 5.76. The lowest BCUT2D eigenvalue weighted by Gasteiger charge is -2.29. The van der Waals surface area contributed by atoms with E-state index in [4.69, 9.17) is 13.9 Å². The number of nitrogens with zero attached hydrogens (tertiary/aromatic N) is 1. The number of aryl methyl sites for hydroxylation is 1. The van der Waals surface area contributed by atoms with E-state index in [-0.39, 0.29) is 11.9 Å². The highest BCUT2D eigenvalue weighted by Crippen LogP contribution is 2.31. The first-order valence-electron chi connectivity index (χ1n) is 11.5. The van der Waals surface area contributed by atoms with E-state index in [1.165, 1.54) is 12.8 Å². The van der Waals surface area contributed by atoms with Crippen LogP contribution in [0.15, 0.2) is 65.1 Å². The third-order valence-electron chi connectivity index (χ3n) is 6.21. The first-order valence-corrected chi connectivity index (χ1v) is 11.5. The molecule has 1 aliphatic rings. The Labute approximate surface area is 195 Å². The summed E-state index contributed by atoms with van der Waals surface area (Å²) in [5.41, 5.74) is 2.11. The van der Waals surface area contributed by atoms with Crippen LogP contribution in [0, 0.1) is 0 Å². The molecule has 0 radical (unpaired) electrons. The zero-order valence-electron chi connectivity index (χ0n) is 19.4. The van der Waals surface area contributed by atoms with Gasteiger partial charge in [-0.05, 0) is 68.4 Å². The smallest absolute Gasteiger partial charge is 0.220 e. The van der Waals surface area contributed by atoms with Crippen molar-refractivity contribution in [3.8, 4) is 22.8 Å². The zero-order chi connectivity index (χ0) is 23.0. The number of likely N-dealkylation sites (tertiary alicyclic amines) is 1. The van der Waals surface area contributed by atoms with E-state index in [1.807, 2.05) is 54.6 Å². The van der Waals surface area contributed by atoms with Crippen molar-refractivity contribution in [2.75, 3.05) is 33.9 Å². The average Bonchev–Trinajstić information content (AvgIpc) is 3.56. The van der Waals surface area contributed by atoms with Gasteiger partial charge in [0.2, 0.25) is 5.91 Å². The van der Waals surface area contributed by atoms with Gasteiger partial charge in [0.05, 0.1) is 20.3 Å². The summed E-state index contributed by atoms with van der Waals surface area (Å²) in [7, 11) is 3.34. The van der Waals surface area contributed by atoms with E-state index in [1.54, 1.807) is 14.2 Å². The van der Waals surface area contributed by atoms with Gasteiger partial charge in [0.15, 0.2) is 0 Å². The summed E-state index contributed by atoms with van der Waals surface area (Å²) in [6.07, 6.45) is 3.32. The van der Waals surface area contributed by atoms with Gasteiger partial charge in [-0.1, -0.05) is 18.2 Å². The predicted molar refractivity (Wildman–Crippen MR) is 129 cm³/mol. The van der Waals surface area contributed by atoms with Crippen LogP contribution in [-0.2, 0) is 11.2 Å². The Hall–Kier alpha value is -3.25. The molecule has 2 aromatic carbocycles. The standard InChI is InChI=1S/C27H32N2O4/c1-31-21-11-9-20(10-12-21)25-15-13-22(33-25)14-16-27(30)28-19-24(29-17-5-6-18-29)23-7-3-4-8-26(23)32-2/h3-4,7-13,15,24H,5-6,14,16-19H2,1-2H3,(H,28,30)/t24-/m0/s1. The minimum absolute atomic E-state index is 0.0245. The van der Waals surface area contributed by atoms with Gasteiger partial charge in [-0.15, -0.1) is 0 Å². The van der Waals surface area contributed by atoms with Crippen molar-refractivity contribution in [1.82, 2.24) is 10.2 Å². The van der Waals surface area contributed by atoms with Gasteiger partial charge in [0.1, 0.15) is 23.0 Å². The lowest BCUT2D eigenvalue weighted by molar-refractivity contribution is -0.121. The Balaban J connectivity index is 1.33. The van der Waals surface area contributed by atoms with Gasteiger partial charge in [-0.2, -0.15) is 0 Å². The van der Waals surface area contributed by atoms with Crippen LogP contribution in [0.2, 0.25) is 0 Å². The summed E-state index contributed by atoms with van der Waals surface area (Å²) in [5.74, 6) is 3.29. The molecule has 174 valence electrons. The highest BCUT2D eigenvalue weighted by Gasteiger charge is 2.26. The number of nitrogens with one attached hydrogen (secondary N) is 1. The Morgan fingerprint density at radius 1 is 1.00 bits per heavy atom. The number of furan rings is 1. The SMILES string of the molecule is COc1ccc(-c2ccc(CCC(=O)NC[C@@H](c3ccccc3OC)N3CCCC3)o2)cc1. The van der Waals surface area contributed by atoms with Crippen LogP contribution < -0.4 is 14.8 Å². The van der Waals surface area contributed by atoms with Gasteiger partial charge in [-0.3, -0.25) is 9.69 Å². The number of ether oxygens (including phenoxy) is 2. The number of hydrogen-bond acceptors (Lipinski definition) is 5. The maximum absolute atomic E-state index is 12.7. The molecule has 1 aromatic heterocycles. The molecule has 0 spiro atoms. The number of benzene rings is 2. The Morgan fingerprint density at radius 2 is 1.76 bits per heavy atom. The maximum atomic E-state index is 12.7. The number of hydrogen-bond donors (Lipinski definition) is 1. The number of para-hydroxylation sites is 1. The van der Waals surface area contributed by atoms with Crippen LogP contribution in [0.1, 0.15) is 36.6 Å². The molecule has 6 heteroatoms. The molecule has 1 atom stereocenters. The van der Waals surface area contributed by atoms with Gasteiger partial charge in [-0.25, -0.2) is 0 Å². The fourth-order valence-corrected chi connectivity index (χ4v) is 4.39. The number of methoxy groups -OCH3 is 2. The monoisotopic (exact) mass is 448 g/mol. The molecular weight excluding hydrogens is 416 g/mol. The zero-order valence-corrected chi connectivity index (χ0v) is 19.4. The van der Waals surface area contributed by atoms with Crippen LogP contribution in [-0.4, -0.2) is 44.7 Å². The summed E-state index contributed by atoms with van der Waals surface area (Å²) in [5, 5.41) is 3.14. The first kappa shape index (κ1) is 22.9. The van der Waals surface area contributed by atoms with Crippen molar-refractivity contribution in [2.24, 2.45) is 0 Å². The molecule has 33 heavy (non-hydrogen) atoms. The van der Waals surface area contributed by atoms with Crippen LogP contribution in [0.4, 0.5) is 0 Å². The molecule has 1 amide bonds. The van der Waals surface area contributed by atoms with Crippen molar-refractivity contribution >= 4 is 5.91 Å². The van der Waals surface area contributed by atoms with E-state index < -0.39 is 0 Å². The van der Waals surface area contributed by atoms with Gasteiger partial charge in [0, 0.05) is 30.5 Å². The molecule has 6 nitrogen and oxygen atoms in total. The Kier molecular flexibility index (Phi) is 7.68. The van der Waals surface area contributed by atoms with E-state index in [0.29, 0.717) is 19.4 Å². The topological polar surface area (TPSA) is 63.9 Å². The van der Waals surface area contributed by atoms with Crippen molar-refractivity contribution < 1.29 is 18.7 Å². The third-order valence-corrected chi connectivity index (χ3v) is 6.21. The molecule has 0 bridgehead atoms. The van der Waals surface area contributed by atoms with Crippen LogP contribution in [0.3, 0.4) is 0 Å². The minimum atomic E-state index is 0.0245. The maximum Gasteiger partial charge on any atom is 0.220 e. The second-order valence-electron chi connectivity index (χ2n) is 8.30. The molecule has 0 aliphatic carbocycles. The number of carbonyl (C=O) groups is 1. The molecule has 1 fully saturated rings. The summed E-state index contributed by atoms with van der Waals surface area (Å²) < 4.78 is 16.7. The molecule has 0 saturated carbocycles. The van der Waals surface area contributed by atoms with E-state index in [2.05, 4.69) is 16.3 Å². The van der Waals surface area contributed by atoms with Gasteiger partial charge in [0.25, 0.3) is 0 Å². The molecule has 2 heterocycles. The second kappa shape index (κ2) is 11.1. The molecule has 1 N–H and O–H groups in total. The minimum Gasteiger partial charge on any atom is -0.497 e. The number of carbonyl (C=O) groups excluding carboxylic acids is 1. The van der Waals surface area contributed by atoms with Crippen LogP contribution in [0.5, 0.6) is 11.5 Å². The van der Waals surface area contributed by atoms with Gasteiger partial charge < -0.3 is 19.2 Å². The average molecular weight is 449 g/mol. The Bertz CT molecular complexity index is 1040. The van der Waals surface area contributed by atoms with Crippen molar-refractivity contribution in [3.05, 3.63) is 72.0 Å². The highest BCUT2D eigenvalue weighted by molar-refractivity contribution is 5.76. The normalized spacial score (nSPS) is 14.7. The van der Waals surface area contributed by atoms with E-state index in [0.717, 1.165) is 47.2 Å². The predicted octanol–water partition coefficient (Wildman–Crippen LogP) is 4.85. The largest absolute Gasteiger partial charge is 0.497 e. The lowest BCUT2D eigenvalue weighted by Crippen LogP contribution is -2.37. The quantitative estimate of drug-likeness (QED) is 0.480. The molecular formula is C27H32N2O4. The van der Waals surface area contributed by atoms with Crippen LogP contribution >= 0.6 is 0 Å². The Morgan fingerprint density at radius 3 is 2.48 bits per heavy atom. The fourth-order valence-electron chi connectivity index (χ4n) is 4.39. The number of amides is 1.